The highest BCUT2D eigenvalue weighted by atomic mass is 32.2. The molecule has 0 atom stereocenters. The van der Waals surface area contributed by atoms with Crippen LogP contribution in [-0.2, 0) is 16.6 Å². The van der Waals surface area contributed by atoms with Gasteiger partial charge in [-0.05, 0) is 43.3 Å². The third kappa shape index (κ3) is 4.03. The number of hydrogen-bond acceptors (Lipinski definition) is 4. The topological polar surface area (TPSA) is 58.2 Å². The van der Waals surface area contributed by atoms with Crippen molar-refractivity contribution in [2.75, 3.05) is 11.3 Å². The van der Waals surface area contributed by atoms with Crippen LogP contribution in [0.15, 0.2) is 34.5 Å². The van der Waals surface area contributed by atoms with E-state index in [0.717, 1.165) is 11.4 Å². The lowest BCUT2D eigenvalue weighted by Gasteiger charge is -2.07. The third-order valence-electron chi connectivity index (χ3n) is 2.90. The number of halogens is 1. The predicted octanol–water partition coefficient (Wildman–Crippen LogP) is 3.11. The van der Waals surface area contributed by atoms with Gasteiger partial charge >= 0.3 is 0 Å². The van der Waals surface area contributed by atoms with Crippen molar-refractivity contribution in [3.8, 4) is 0 Å². The number of aryl methyl sites for hydroxylation is 1. The lowest BCUT2D eigenvalue weighted by atomic mass is 10.2. The fraction of sp³-hybridized carbons (Fsp3) is 0.286. The fourth-order valence-corrected chi connectivity index (χ4v) is 4.06. The summed E-state index contributed by atoms with van der Waals surface area (Å²) in [4.78, 5) is 1.18. The molecule has 0 saturated heterocycles. The van der Waals surface area contributed by atoms with Crippen LogP contribution >= 0.6 is 11.3 Å². The molecule has 0 fully saturated rings. The van der Waals surface area contributed by atoms with Crippen molar-refractivity contribution in [2.24, 2.45) is 0 Å². The maximum Gasteiger partial charge on any atom is 0.262 e. The van der Waals surface area contributed by atoms with E-state index in [1.165, 1.54) is 29.5 Å². The number of rotatable bonds is 6. The Labute approximate surface area is 128 Å². The molecule has 0 amide bonds. The molecule has 114 valence electrons. The average Bonchev–Trinajstić information content (AvgIpc) is 2.90. The predicted molar refractivity (Wildman–Crippen MR) is 83.6 cm³/mol. The molecular weight excluding hydrogens is 311 g/mol. The van der Waals surface area contributed by atoms with Gasteiger partial charge in [0.15, 0.2) is 0 Å². The van der Waals surface area contributed by atoms with E-state index in [1.807, 2.05) is 6.92 Å². The van der Waals surface area contributed by atoms with E-state index < -0.39 is 10.0 Å². The lowest BCUT2D eigenvalue weighted by molar-refractivity contribution is 0.601. The summed E-state index contributed by atoms with van der Waals surface area (Å²) in [5, 5.41) is 4.75. The van der Waals surface area contributed by atoms with Crippen molar-refractivity contribution in [1.29, 1.82) is 0 Å². The molecule has 2 rings (SSSR count). The molecule has 0 bridgehead atoms. The van der Waals surface area contributed by atoms with Gasteiger partial charge in [0.25, 0.3) is 10.0 Å². The van der Waals surface area contributed by atoms with Gasteiger partial charge in [-0.25, -0.2) is 12.8 Å². The van der Waals surface area contributed by atoms with E-state index >= 15 is 0 Å². The Hall–Kier alpha value is -1.44. The minimum absolute atomic E-state index is 0.224. The quantitative estimate of drug-likeness (QED) is 0.856. The van der Waals surface area contributed by atoms with Crippen molar-refractivity contribution >= 4 is 27.0 Å². The summed E-state index contributed by atoms with van der Waals surface area (Å²) < 4.78 is 40.2. The van der Waals surface area contributed by atoms with Gasteiger partial charge in [0.1, 0.15) is 5.82 Å². The normalized spacial score (nSPS) is 11.6. The van der Waals surface area contributed by atoms with E-state index in [-0.39, 0.29) is 10.7 Å². The second kappa shape index (κ2) is 6.55. The first-order chi connectivity index (χ1) is 9.92. The molecule has 0 spiro atoms. The number of sulfonamides is 1. The molecular formula is C14H17FN2O2S2. The van der Waals surface area contributed by atoms with Crippen LogP contribution in [0.4, 0.5) is 10.1 Å². The molecule has 0 aliphatic heterocycles. The molecule has 7 heteroatoms. The molecule has 21 heavy (non-hydrogen) atoms. The highest BCUT2D eigenvalue weighted by molar-refractivity contribution is 7.92. The first-order valence-electron chi connectivity index (χ1n) is 6.49. The van der Waals surface area contributed by atoms with Crippen LogP contribution < -0.4 is 10.0 Å². The summed E-state index contributed by atoms with van der Waals surface area (Å²) in [6, 6.07) is 5.77. The smallest absolute Gasteiger partial charge is 0.262 e. The second-order valence-corrected chi connectivity index (χ2v) is 7.28. The van der Waals surface area contributed by atoms with Crippen LogP contribution in [0.25, 0.3) is 0 Å². The summed E-state index contributed by atoms with van der Waals surface area (Å²) in [5.41, 5.74) is 0.752. The zero-order valence-corrected chi connectivity index (χ0v) is 13.4. The molecule has 1 aromatic carbocycles. The van der Waals surface area contributed by atoms with E-state index in [1.54, 1.807) is 18.4 Å². The zero-order valence-electron chi connectivity index (χ0n) is 11.8. The maximum absolute atomic E-state index is 13.2. The Bertz CT molecular complexity index is 726. The minimum Gasteiger partial charge on any atom is -0.312 e. The Morgan fingerprint density at radius 1 is 1.29 bits per heavy atom. The van der Waals surface area contributed by atoms with E-state index in [9.17, 15) is 12.8 Å². The number of benzene rings is 1. The number of thiophene rings is 1. The Balaban J connectivity index is 2.17. The van der Waals surface area contributed by atoms with Crippen molar-refractivity contribution < 1.29 is 12.8 Å². The lowest BCUT2D eigenvalue weighted by Crippen LogP contribution is -2.13. The van der Waals surface area contributed by atoms with Crippen molar-refractivity contribution in [3.63, 3.8) is 0 Å². The molecule has 2 aromatic rings. The summed E-state index contributed by atoms with van der Waals surface area (Å²) in [6.45, 7) is 5.05. The molecule has 1 aromatic heterocycles. The molecule has 0 aliphatic carbocycles. The Morgan fingerprint density at radius 2 is 2.05 bits per heavy atom. The zero-order chi connectivity index (χ0) is 15.5. The van der Waals surface area contributed by atoms with Gasteiger partial charge in [-0.3, -0.25) is 4.72 Å². The van der Waals surface area contributed by atoms with Crippen molar-refractivity contribution in [1.82, 2.24) is 5.32 Å². The third-order valence-corrected chi connectivity index (χ3v) is 5.35. The molecule has 0 aliphatic rings. The van der Waals surface area contributed by atoms with Gasteiger partial charge in [-0.2, -0.15) is 0 Å². The molecule has 2 N–H and O–H groups in total. The largest absolute Gasteiger partial charge is 0.312 e. The molecule has 0 unspecified atom stereocenters. The molecule has 0 radical (unpaired) electrons. The van der Waals surface area contributed by atoms with Gasteiger partial charge in [-0.15, -0.1) is 11.3 Å². The molecule has 4 nitrogen and oxygen atoms in total. The van der Waals surface area contributed by atoms with Gasteiger partial charge in [0, 0.05) is 22.5 Å². The molecule has 0 saturated carbocycles. The molecule has 1 heterocycles. The van der Waals surface area contributed by atoms with Crippen LogP contribution in [0.2, 0.25) is 0 Å². The summed E-state index contributed by atoms with van der Waals surface area (Å²) in [5.74, 6) is -0.360. The van der Waals surface area contributed by atoms with Crippen LogP contribution in [0.1, 0.15) is 17.4 Å². The van der Waals surface area contributed by atoms with Gasteiger partial charge in [-0.1, -0.05) is 6.92 Å². The minimum atomic E-state index is -3.64. The summed E-state index contributed by atoms with van der Waals surface area (Å²) in [7, 11) is -3.64. The van der Waals surface area contributed by atoms with Crippen molar-refractivity contribution in [3.05, 3.63) is 45.9 Å². The number of nitrogens with one attached hydrogen (secondary N) is 2. The van der Waals surface area contributed by atoms with Gasteiger partial charge in [0.2, 0.25) is 0 Å². The Morgan fingerprint density at radius 3 is 2.71 bits per heavy atom. The number of hydrogen-bond donors (Lipinski definition) is 2. The maximum atomic E-state index is 13.2. The highest BCUT2D eigenvalue weighted by Gasteiger charge is 2.16. The monoisotopic (exact) mass is 328 g/mol. The Kier molecular flexibility index (Phi) is 4.97. The van der Waals surface area contributed by atoms with Crippen LogP contribution in [-0.4, -0.2) is 15.0 Å². The summed E-state index contributed by atoms with van der Waals surface area (Å²) >= 11 is 1.39. The van der Waals surface area contributed by atoms with Gasteiger partial charge < -0.3 is 5.32 Å². The standard InChI is InChI=1S/C14H17FN2O2S2/c1-3-16-8-12-7-13(9-20-12)21(18,19)17-11-4-5-14(15)10(2)6-11/h4-7,9,16-17H,3,8H2,1-2H3. The first kappa shape index (κ1) is 15.9. The SMILES string of the molecule is CCNCc1cc(S(=O)(=O)Nc2ccc(F)c(C)c2)cs1. The van der Waals surface area contributed by atoms with Crippen LogP contribution in [0.3, 0.4) is 0 Å². The second-order valence-electron chi connectivity index (χ2n) is 4.60. The fourth-order valence-electron chi connectivity index (χ4n) is 1.76. The van der Waals surface area contributed by atoms with E-state index in [4.69, 9.17) is 0 Å². The van der Waals surface area contributed by atoms with Crippen LogP contribution in [0, 0.1) is 12.7 Å². The van der Waals surface area contributed by atoms with Crippen molar-refractivity contribution in [2.45, 2.75) is 25.3 Å². The summed E-state index contributed by atoms with van der Waals surface area (Å²) in [6.07, 6.45) is 0. The number of anilines is 1. The first-order valence-corrected chi connectivity index (χ1v) is 8.86. The average molecular weight is 328 g/mol. The van der Waals surface area contributed by atoms with Crippen LogP contribution in [0.5, 0.6) is 0 Å². The van der Waals surface area contributed by atoms with Gasteiger partial charge in [0.05, 0.1) is 4.90 Å². The van der Waals surface area contributed by atoms with E-state index in [0.29, 0.717) is 17.8 Å². The van der Waals surface area contributed by atoms with E-state index in [2.05, 4.69) is 10.0 Å². The highest BCUT2D eigenvalue weighted by Crippen LogP contribution is 2.23.